The zero-order valence-corrected chi connectivity index (χ0v) is 17.3. The minimum Gasteiger partial charge on any atom is -0.503 e. The van der Waals surface area contributed by atoms with Crippen LogP contribution in [0.2, 0.25) is 5.02 Å². The minimum atomic E-state index is -0.131. The van der Waals surface area contributed by atoms with Gasteiger partial charge < -0.3 is 24.2 Å². The lowest BCUT2D eigenvalue weighted by Gasteiger charge is -2.24. The highest BCUT2D eigenvalue weighted by atomic mass is 35.5. The Labute approximate surface area is 175 Å². The molecule has 0 amide bonds. The number of phenols is 1. The normalized spacial score (nSPS) is 14.9. The zero-order valence-electron chi connectivity index (χ0n) is 16.5. The Bertz CT molecular complexity index is 906. The van der Waals surface area contributed by atoms with E-state index in [2.05, 4.69) is 0 Å². The van der Waals surface area contributed by atoms with Crippen molar-refractivity contribution >= 4 is 23.5 Å². The SMILES string of the molecule is COc1ccc(C(=O)/C=C/c2cc(Cl)c(O)c(OC)c2)cc1C[NH+]1CCOCC1. The van der Waals surface area contributed by atoms with Crippen LogP contribution in [0.25, 0.3) is 6.08 Å². The summed E-state index contributed by atoms with van der Waals surface area (Å²) in [5, 5.41) is 9.99. The van der Waals surface area contributed by atoms with Gasteiger partial charge in [0.2, 0.25) is 0 Å². The number of rotatable bonds is 7. The third-order valence-electron chi connectivity index (χ3n) is 4.90. The van der Waals surface area contributed by atoms with E-state index in [4.69, 9.17) is 25.8 Å². The van der Waals surface area contributed by atoms with Gasteiger partial charge in [0.15, 0.2) is 17.3 Å². The van der Waals surface area contributed by atoms with Crippen LogP contribution in [-0.2, 0) is 11.3 Å². The summed E-state index contributed by atoms with van der Waals surface area (Å²) in [7, 11) is 3.08. The van der Waals surface area contributed by atoms with Crippen molar-refractivity contribution in [3.8, 4) is 17.2 Å². The van der Waals surface area contributed by atoms with Crippen molar-refractivity contribution in [1.29, 1.82) is 0 Å². The van der Waals surface area contributed by atoms with Gasteiger partial charge in [0, 0.05) is 11.1 Å². The Morgan fingerprint density at radius 2 is 1.90 bits per heavy atom. The lowest BCUT2D eigenvalue weighted by atomic mass is 10.0. The summed E-state index contributed by atoms with van der Waals surface area (Å²) in [5.41, 5.74) is 2.24. The second kappa shape index (κ2) is 9.78. The third kappa shape index (κ3) is 5.29. The van der Waals surface area contributed by atoms with Crippen LogP contribution < -0.4 is 14.4 Å². The number of hydrogen-bond acceptors (Lipinski definition) is 5. The summed E-state index contributed by atoms with van der Waals surface area (Å²) in [6.45, 7) is 4.15. The number of aromatic hydroxyl groups is 1. The topological polar surface area (TPSA) is 69.4 Å². The molecule has 1 aliphatic rings. The second-order valence-corrected chi connectivity index (χ2v) is 7.22. The summed E-state index contributed by atoms with van der Waals surface area (Å²) >= 11 is 6.00. The van der Waals surface area contributed by atoms with E-state index >= 15 is 0 Å². The highest BCUT2D eigenvalue weighted by Crippen LogP contribution is 2.35. The molecular formula is C22H25ClNO5+. The van der Waals surface area contributed by atoms with Crippen molar-refractivity contribution in [3.05, 3.63) is 58.1 Å². The number of carbonyl (C=O) groups excluding carboxylic acids is 1. The molecule has 1 aliphatic heterocycles. The van der Waals surface area contributed by atoms with E-state index in [1.165, 1.54) is 18.1 Å². The third-order valence-corrected chi connectivity index (χ3v) is 5.19. The maximum absolute atomic E-state index is 12.7. The molecule has 29 heavy (non-hydrogen) atoms. The number of benzene rings is 2. The zero-order chi connectivity index (χ0) is 20.8. The number of ketones is 1. The van der Waals surface area contributed by atoms with E-state index < -0.39 is 0 Å². The number of methoxy groups -OCH3 is 2. The first-order valence-electron chi connectivity index (χ1n) is 9.39. The van der Waals surface area contributed by atoms with E-state index in [9.17, 15) is 9.90 Å². The summed E-state index contributed by atoms with van der Waals surface area (Å²) in [6, 6.07) is 8.67. The number of carbonyl (C=O) groups is 1. The number of hydrogen-bond donors (Lipinski definition) is 2. The monoisotopic (exact) mass is 418 g/mol. The van der Waals surface area contributed by atoms with Crippen molar-refractivity contribution in [3.63, 3.8) is 0 Å². The predicted molar refractivity (Wildman–Crippen MR) is 111 cm³/mol. The molecule has 3 rings (SSSR count). The largest absolute Gasteiger partial charge is 0.503 e. The van der Waals surface area contributed by atoms with Gasteiger partial charge >= 0.3 is 0 Å². The van der Waals surface area contributed by atoms with E-state index in [-0.39, 0.29) is 22.3 Å². The van der Waals surface area contributed by atoms with Gasteiger partial charge in [0.05, 0.1) is 32.5 Å². The molecule has 0 radical (unpaired) electrons. The second-order valence-electron chi connectivity index (χ2n) is 6.82. The van der Waals surface area contributed by atoms with Gasteiger partial charge in [-0.3, -0.25) is 4.79 Å². The molecule has 1 saturated heterocycles. The van der Waals surface area contributed by atoms with E-state index in [1.807, 2.05) is 12.1 Å². The number of phenolic OH excluding ortho intramolecular Hbond substituents is 1. The fraction of sp³-hybridized carbons (Fsp3) is 0.318. The average molecular weight is 419 g/mol. The van der Waals surface area contributed by atoms with Crippen LogP contribution in [-0.4, -0.2) is 51.4 Å². The van der Waals surface area contributed by atoms with Crippen LogP contribution in [0.4, 0.5) is 0 Å². The molecule has 6 nitrogen and oxygen atoms in total. The molecule has 0 spiro atoms. The summed E-state index contributed by atoms with van der Waals surface area (Å²) < 4.78 is 16.0. The highest BCUT2D eigenvalue weighted by molar-refractivity contribution is 6.32. The molecule has 0 bridgehead atoms. The summed E-state index contributed by atoms with van der Waals surface area (Å²) in [5.74, 6) is 0.779. The molecule has 0 atom stereocenters. The quantitative estimate of drug-likeness (QED) is 0.533. The molecular weight excluding hydrogens is 394 g/mol. The van der Waals surface area contributed by atoms with Crippen molar-refractivity contribution in [2.75, 3.05) is 40.5 Å². The molecule has 1 fully saturated rings. The van der Waals surface area contributed by atoms with Crippen LogP contribution in [0.3, 0.4) is 0 Å². The first-order chi connectivity index (χ1) is 14.0. The molecule has 2 aromatic carbocycles. The minimum absolute atomic E-state index is 0.122. The number of halogens is 1. The van der Waals surface area contributed by atoms with Crippen molar-refractivity contribution in [2.24, 2.45) is 0 Å². The van der Waals surface area contributed by atoms with Crippen molar-refractivity contribution in [1.82, 2.24) is 0 Å². The van der Waals surface area contributed by atoms with Crippen LogP contribution in [0.1, 0.15) is 21.5 Å². The molecule has 0 aromatic heterocycles. The number of morpholine rings is 1. The predicted octanol–water partition coefficient (Wildman–Crippen LogP) is 2.37. The van der Waals surface area contributed by atoms with Gasteiger partial charge in [-0.15, -0.1) is 0 Å². The van der Waals surface area contributed by atoms with Crippen molar-refractivity contribution in [2.45, 2.75) is 6.54 Å². The molecule has 2 N–H and O–H groups in total. The molecule has 0 unspecified atom stereocenters. The first-order valence-corrected chi connectivity index (χ1v) is 9.76. The lowest BCUT2D eigenvalue weighted by molar-refractivity contribution is -0.921. The maximum atomic E-state index is 12.7. The van der Waals surface area contributed by atoms with Gasteiger partial charge in [0.25, 0.3) is 0 Å². The Hall–Kier alpha value is -2.54. The van der Waals surface area contributed by atoms with Gasteiger partial charge in [-0.05, 0) is 42.0 Å². The van der Waals surface area contributed by atoms with Crippen LogP contribution >= 0.6 is 11.6 Å². The Morgan fingerprint density at radius 3 is 2.59 bits per heavy atom. The Kier molecular flexibility index (Phi) is 7.14. The van der Waals surface area contributed by atoms with Gasteiger partial charge in [0.1, 0.15) is 25.4 Å². The summed E-state index contributed by atoms with van der Waals surface area (Å²) in [4.78, 5) is 14.1. The molecule has 2 aromatic rings. The number of allylic oxidation sites excluding steroid dienone is 1. The van der Waals surface area contributed by atoms with E-state index in [1.54, 1.807) is 31.4 Å². The van der Waals surface area contributed by atoms with Crippen LogP contribution in [0, 0.1) is 0 Å². The van der Waals surface area contributed by atoms with E-state index in [0.29, 0.717) is 11.1 Å². The smallest absolute Gasteiger partial charge is 0.185 e. The lowest BCUT2D eigenvalue weighted by Crippen LogP contribution is -3.12. The fourth-order valence-electron chi connectivity index (χ4n) is 3.29. The maximum Gasteiger partial charge on any atom is 0.185 e. The molecule has 0 saturated carbocycles. The fourth-order valence-corrected chi connectivity index (χ4v) is 3.51. The van der Waals surface area contributed by atoms with Gasteiger partial charge in [-0.2, -0.15) is 0 Å². The molecule has 7 heteroatoms. The van der Waals surface area contributed by atoms with Crippen molar-refractivity contribution < 1.29 is 29.0 Å². The van der Waals surface area contributed by atoms with Gasteiger partial charge in [-0.25, -0.2) is 0 Å². The number of quaternary nitrogens is 1. The van der Waals surface area contributed by atoms with Gasteiger partial charge in [-0.1, -0.05) is 17.7 Å². The highest BCUT2D eigenvalue weighted by Gasteiger charge is 2.18. The standard InChI is InChI=1S/C22H24ClNO5/c1-27-20-6-4-16(13-17(20)14-24-7-9-29-10-8-24)19(25)5-3-15-11-18(23)22(26)21(12-15)28-2/h3-6,11-13,26H,7-10,14H2,1-2H3/p+1/b5-3+. The Balaban J connectivity index is 1.79. The number of ether oxygens (including phenoxy) is 3. The first kappa shape index (κ1) is 21.2. The molecule has 0 aliphatic carbocycles. The van der Waals surface area contributed by atoms with Crippen LogP contribution in [0.15, 0.2) is 36.4 Å². The van der Waals surface area contributed by atoms with Crippen LogP contribution in [0.5, 0.6) is 17.2 Å². The molecule has 154 valence electrons. The number of nitrogens with one attached hydrogen (secondary N) is 1. The van der Waals surface area contributed by atoms with E-state index in [0.717, 1.165) is 44.2 Å². The summed E-state index contributed by atoms with van der Waals surface area (Å²) in [6.07, 6.45) is 3.13. The average Bonchev–Trinajstić information content (AvgIpc) is 2.74. The Morgan fingerprint density at radius 1 is 1.17 bits per heavy atom. The molecule has 1 heterocycles.